The van der Waals surface area contributed by atoms with Gasteiger partial charge in [-0.3, -0.25) is 0 Å². The van der Waals surface area contributed by atoms with Crippen LogP contribution in [0.25, 0.3) is 0 Å². The number of ether oxygens (including phenoxy) is 1. The summed E-state index contributed by atoms with van der Waals surface area (Å²) in [5.74, 6) is 8.03. The van der Waals surface area contributed by atoms with E-state index in [2.05, 4.69) is 48.0 Å². The fourth-order valence-electron chi connectivity index (χ4n) is 1.76. The summed E-state index contributed by atoms with van der Waals surface area (Å²) in [6.07, 6.45) is 0. The van der Waals surface area contributed by atoms with E-state index in [0.29, 0.717) is 18.5 Å². The summed E-state index contributed by atoms with van der Waals surface area (Å²) >= 11 is 0. The molecule has 19 heavy (non-hydrogen) atoms. The molecule has 0 bridgehead atoms. The molecule has 0 amide bonds. The van der Waals surface area contributed by atoms with Crippen LogP contribution in [0.3, 0.4) is 0 Å². The molecule has 0 radical (unpaired) electrons. The monoisotopic (exact) mass is 267 g/mol. The van der Waals surface area contributed by atoms with Crippen LogP contribution >= 0.6 is 0 Å². The Bertz CT molecular complexity index is 395. The second kappa shape index (κ2) is 7.25. The van der Waals surface area contributed by atoms with Gasteiger partial charge < -0.3 is 15.1 Å². The largest absolute Gasteiger partial charge is 0.383 e. The van der Waals surface area contributed by atoms with Crippen LogP contribution in [0.5, 0.6) is 0 Å². The fraction of sp³-hybridized carbons (Fsp3) is 0.692. The van der Waals surface area contributed by atoms with E-state index in [0.717, 1.165) is 18.2 Å². The Labute approximate surface area is 115 Å². The Morgan fingerprint density at radius 1 is 1.32 bits per heavy atom. The van der Waals surface area contributed by atoms with E-state index in [-0.39, 0.29) is 5.92 Å². The minimum atomic E-state index is 0.253. The van der Waals surface area contributed by atoms with Crippen LogP contribution in [0.1, 0.15) is 39.4 Å². The molecule has 1 rings (SSSR count). The lowest BCUT2D eigenvalue weighted by molar-refractivity contribution is 0.203. The molecule has 6 nitrogen and oxygen atoms in total. The number of nitrogens with one attached hydrogen (secondary N) is 1. The first kappa shape index (κ1) is 15.7. The van der Waals surface area contributed by atoms with Crippen LogP contribution in [-0.2, 0) is 4.74 Å². The number of hydrazine groups is 1. The van der Waals surface area contributed by atoms with Gasteiger partial charge in [-0.15, -0.1) is 0 Å². The highest BCUT2D eigenvalue weighted by Crippen LogP contribution is 2.21. The van der Waals surface area contributed by atoms with Gasteiger partial charge in [0, 0.05) is 31.7 Å². The standard InChI is InChI=1S/C13H25N5O/c1-9(2)13-15-11(17-14)8-12(16-13)18(10(3)4)6-7-19-5/h8-10H,6-7,14H2,1-5H3,(H,15,16,17). The lowest BCUT2D eigenvalue weighted by Gasteiger charge is -2.28. The summed E-state index contributed by atoms with van der Waals surface area (Å²) in [5.41, 5.74) is 2.60. The number of hydrogen-bond acceptors (Lipinski definition) is 6. The van der Waals surface area contributed by atoms with Crippen molar-refractivity contribution in [1.82, 2.24) is 9.97 Å². The zero-order valence-corrected chi connectivity index (χ0v) is 12.5. The average Bonchev–Trinajstić information content (AvgIpc) is 2.38. The van der Waals surface area contributed by atoms with Gasteiger partial charge in [0.05, 0.1) is 6.61 Å². The highest BCUT2D eigenvalue weighted by atomic mass is 16.5. The maximum atomic E-state index is 5.48. The van der Waals surface area contributed by atoms with E-state index in [1.54, 1.807) is 7.11 Å². The molecule has 0 fully saturated rings. The minimum absolute atomic E-state index is 0.253. The van der Waals surface area contributed by atoms with E-state index >= 15 is 0 Å². The predicted molar refractivity (Wildman–Crippen MR) is 78.3 cm³/mol. The first-order valence-corrected chi connectivity index (χ1v) is 6.60. The van der Waals surface area contributed by atoms with Crippen molar-refractivity contribution in [3.63, 3.8) is 0 Å². The SMILES string of the molecule is COCCN(c1cc(NN)nc(C(C)C)n1)C(C)C. The average molecular weight is 267 g/mol. The molecule has 0 unspecified atom stereocenters. The number of nitrogens with two attached hydrogens (primary N) is 1. The van der Waals surface area contributed by atoms with Crippen molar-refractivity contribution in [1.29, 1.82) is 0 Å². The van der Waals surface area contributed by atoms with E-state index in [1.165, 1.54) is 0 Å². The molecular formula is C13H25N5O. The van der Waals surface area contributed by atoms with Gasteiger partial charge in [0.1, 0.15) is 17.5 Å². The minimum Gasteiger partial charge on any atom is -0.383 e. The molecule has 0 aliphatic rings. The predicted octanol–water partition coefficient (Wildman–Crippen LogP) is 1.75. The second-order valence-corrected chi connectivity index (χ2v) is 5.05. The summed E-state index contributed by atoms with van der Waals surface area (Å²) in [6, 6.07) is 2.19. The van der Waals surface area contributed by atoms with E-state index in [9.17, 15) is 0 Å². The molecule has 0 saturated carbocycles. The van der Waals surface area contributed by atoms with Gasteiger partial charge >= 0.3 is 0 Å². The number of nitrogen functional groups attached to an aromatic ring is 1. The Morgan fingerprint density at radius 2 is 2.00 bits per heavy atom. The highest BCUT2D eigenvalue weighted by molar-refractivity contribution is 5.49. The Kier molecular flexibility index (Phi) is 5.98. The van der Waals surface area contributed by atoms with Crippen molar-refractivity contribution in [3.05, 3.63) is 11.9 Å². The lowest BCUT2D eigenvalue weighted by atomic mass is 10.2. The number of hydrogen-bond donors (Lipinski definition) is 2. The zero-order valence-electron chi connectivity index (χ0n) is 12.5. The van der Waals surface area contributed by atoms with Gasteiger partial charge in [-0.25, -0.2) is 15.8 Å². The van der Waals surface area contributed by atoms with Crippen LogP contribution in [0.4, 0.5) is 11.6 Å². The summed E-state index contributed by atoms with van der Waals surface area (Å²) in [4.78, 5) is 11.2. The van der Waals surface area contributed by atoms with Gasteiger partial charge in [-0.1, -0.05) is 13.8 Å². The Morgan fingerprint density at radius 3 is 2.47 bits per heavy atom. The third kappa shape index (κ3) is 4.33. The second-order valence-electron chi connectivity index (χ2n) is 5.05. The molecule has 0 aliphatic carbocycles. The molecule has 0 aromatic carbocycles. The summed E-state index contributed by atoms with van der Waals surface area (Å²) < 4.78 is 5.15. The van der Waals surface area contributed by atoms with Gasteiger partial charge in [0.25, 0.3) is 0 Å². The number of aromatic nitrogens is 2. The molecule has 1 aromatic heterocycles. The zero-order chi connectivity index (χ0) is 14.4. The Balaban J connectivity index is 3.10. The summed E-state index contributed by atoms with van der Waals surface area (Å²) in [5, 5.41) is 0. The first-order chi connectivity index (χ1) is 8.99. The number of rotatable bonds is 7. The van der Waals surface area contributed by atoms with Crippen LogP contribution in [0.15, 0.2) is 6.07 Å². The van der Waals surface area contributed by atoms with E-state index in [1.807, 2.05) is 6.07 Å². The molecular weight excluding hydrogens is 242 g/mol. The van der Waals surface area contributed by atoms with Crippen molar-refractivity contribution >= 4 is 11.6 Å². The molecule has 0 spiro atoms. The number of methoxy groups -OCH3 is 1. The van der Waals surface area contributed by atoms with Crippen LogP contribution in [0, 0.1) is 0 Å². The lowest BCUT2D eigenvalue weighted by Crippen LogP contribution is -2.35. The topological polar surface area (TPSA) is 76.3 Å². The quantitative estimate of drug-likeness (QED) is 0.579. The molecule has 3 N–H and O–H groups in total. The normalized spacial score (nSPS) is 11.2. The molecule has 1 heterocycles. The third-order valence-corrected chi connectivity index (χ3v) is 2.85. The highest BCUT2D eigenvalue weighted by Gasteiger charge is 2.15. The van der Waals surface area contributed by atoms with Gasteiger partial charge in [-0.05, 0) is 13.8 Å². The molecule has 0 atom stereocenters. The molecule has 108 valence electrons. The summed E-state index contributed by atoms with van der Waals surface area (Å²) in [7, 11) is 1.70. The van der Waals surface area contributed by atoms with E-state index in [4.69, 9.17) is 10.6 Å². The maximum Gasteiger partial charge on any atom is 0.145 e. The fourth-order valence-corrected chi connectivity index (χ4v) is 1.76. The van der Waals surface area contributed by atoms with Crippen molar-refractivity contribution in [2.75, 3.05) is 30.6 Å². The van der Waals surface area contributed by atoms with E-state index < -0.39 is 0 Å². The third-order valence-electron chi connectivity index (χ3n) is 2.85. The smallest absolute Gasteiger partial charge is 0.145 e. The number of nitrogens with zero attached hydrogens (tertiary/aromatic N) is 3. The van der Waals surface area contributed by atoms with Gasteiger partial charge in [-0.2, -0.15) is 0 Å². The van der Waals surface area contributed by atoms with Gasteiger partial charge in [0.15, 0.2) is 0 Å². The molecule has 0 saturated heterocycles. The van der Waals surface area contributed by atoms with Crippen LogP contribution in [-0.4, -0.2) is 36.3 Å². The first-order valence-electron chi connectivity index (χ1n) is 6.60. The molecule has 6 heteroatoms. The Hall–Kier alpha value is -1.40. The van der Waals surface area contributed by atoms with Crippen molar-refractivity contribution < 1.29 is 4.74 Å². The van der Waals surface area contributed by atoms with Crippen LogP contribution < -0.4 is 16.2 Å². The van der Waals surface area contributed by atoms with Gasteiger partial charge in [0.2, 0.25) is 0 Å². The van der Waals surface area contributed by atoms with Crippen molar-refractivity contribution in [2.24, 2.45) is 5.84 Å². The van der Waals surface area contributed by atoms with Crippen LogP contribution in [0.2, 0.25) is 0 Å². The maximum absolute atomic E-state index is 5.48. The van der Waals surface area contributed by atoms with Crippen molar-refractivity contribution in [2.45, 2.75) is 39.7 Å². The van der Waals surface area contributed by atoms with Crippen molar-refractivity contribution in [3.8, 4) is 0 Å². The number of anilines is 2. The summed E-state index contributed by atoms with van der Waals surface area (Å²) in [6.45, 7) is 9.82. The molecule has 1 aromatic rings. The molecule has 0 aliphatic heterocycles.